The van der Waals surface area contributed by atoms with Crippen LogP contribution >= 0.6 is 11.6 Å². The van der Waals surface area contributed by atoms with Crippen molar-refractivity contribution in [2.45, 2.75) is 45.8 Å². The predicted molar refractivity (Wildman–Crippen MR) is 153 cm³/mol. The lowest BCUT2D eigenvalue weighted by molar-refractivity contribution is -0.157. The third kappa shape index (κ3) is 7.55. The Labute approximate surface area is 246 Å². The Kier molecular flexibility index (Phi) is 8.71. The van der Waals surface area contributed by atoms with Crippen LogP contribution in [0.15, 0.2) is 54.0 Å². The SMILES string of the molecule is COc1cc(-n2cnn3cc(-c4ncc(Cl)cn4)cc3c2=O)ccc1OCC(C)(C)OC(=O)CNC(=O)OC(C)(C)C. The molecular weight excluding hydrogens is 568 g/mol. The molecule has 0 bridgehead atoms. The van der Waals surface area contributed by atoms with Crippen LogP contribution in [0.3, 0.4) is 0 Å². The number of nitrogens with zero attached hydrogens (tertiary/aromatic N) is 5. The van der Waals surface area contributed by atoms with E-state index in [0.717, 1.165) is 0 Å². The van der Waals surface area contributed by atoms with Crippen LogP contribution in [0.1, 0.15) is 34.6 Å². The standard InChI is InChI=1S/C28H31ClN6O7/c1-27(2,3)42-26(38)32-13-23(36)41-28(4,5)15-40-21-8-7-19(10-22(21)39-6)34-16-33-35-14-17(9-20(35)25(34)37)24-30-11-18(29)12-31-24/h7-12,14,16H,13,15H2,1-6H3,(H,32,38). The van der Waals surface area contributed by atoms with Gasteiger partial charge in [0, 0.05) is 30.2 Å². The van der Waals surface area contributed by atoms with Crippen molar-refractivity contribution >= 4 is 29.2 Å². The van der Waals surface area contributed by atoms with Crippen molar-refractivity contribution in [3.05, 3.63) is 64.6 Å². The molecule has 4 aromatic rings. The molecule has 0 spiro atoms. The lowest BCUT2D eigenvalue weighted by atomic mass is 10.1. The third-order valence-corrected chi connectivity index (χ3v) is 5.77. The predicted octanol–water partition coefficient (Wildman–Crippen LogP) is 3.83. The molecule has 0 saturated carbocycles. The van der Waals surface area contributed by atoms with Gasteiger partial charge < -0.3 is 24.3 Å². The second kappa shape index (κ2) is 12.1. The van der Waals surface area contributed by atoms with Crippen LogP contribution < -0.4 is 20.3 Å². The van der Waals surface area contributed by atoms with Crippen molar-refractivity contribution in [3.8, 4) is 28.6 Å². The molecule has 13 nitrogen and oxygen atoms in total. The first kappa shape index (κ1) is 30.3. The lowest BCUT2D eigenvalue weighted by Gasteiger charge is -2.26. The first-order valence-electron chi connectivity index (χ1n) is 12.8. The van der Waals surface area contributed by atoms with E-state index in [0.29, 0.717) is 39.1 Å². The second-order valence-electron chi connectivity index (χ2n) is 10.8. The first-order valence-corrected chi connectivity index (χ1v) is 13.2. The number of esters is 1. The molecular formula is C28H31ClN6O7. The molecule has 42 heavy (non-hydrogen) atoms. The first-order chi connectivity index (χ1) is 19.7. The quantitative estimate of drug-likeness (QED) is 0.282. The fourth-order valence-corrected chi connectivity index (χ4v) is 3.86. The highest BCUT2D eigenvalue weighted by Crippen LogP contribution is 2.30. The van der Waals surface area contributed by atoms with Crippen LogP contribution in [0.25, 0.3) is 22.6 Å². The van der Waals surface area contributed by atoms with Gasteiger partial charge >= 0.3 is 12.1 Å². The van der Waals surface area contributed by atoms with Gasteiger partial charge in [0.05, 0.1) is 17.8 Å². The van der Waals surface area contributed by atoms with Crippen LogP contribution in [0.2, 0.25) is 5.02 Å². The molecule has 14 heteroatoms. The summed E-state index contributed by atoms with van der Waals surface area (Å²) in [4.78, 5) is 45.7. The Morgan fingerprint density at radius 1 is 1.02 bits per heavy atom. The minimum absolute atomic E-state index is 0.0198. The van der Waals surface area contributed by atoms with Crippen molar-refractivity contribution in [2.24, 2.45) is 0 Å². The van der Waals surface area contributed by atoms with Gasteiger partial charge in [-0.1, -0.05) is 11.6 Å². The highest BCUT2D eigenvalue weighted by molar-refractivity contribution is 6.30. The molecule has 1 N–H and O–H groups in total. The van der Waals surface area contributed by atoms with Gasteiger partial charge in [-0.05, 0) is 52.8 Å². The van der Waals surface area contributed by atoms with Gasteiger partial charge in [-0.25, -0.2) is 19.3 Å². The molecule has 4 rings (SSSR count). The zero-order chi connectivity index (χ0) is 30.7. The van der Waals surface area contributed by atoms with Gasteiger partial charge in [0.1, 0.15) is 36.2 Å². The summed E-state index contributed by atoms with van der Waals surface area (Å²) in [5.74, 6) is 0.463. The van der Waals surface area contributed by atoms with E-state index in [2.05, 4.69) is 20.4 Å². The average molecular weight is 599 g/mol. The maximum Gasteiger partial charge on any atom is 0.408 e. The number of amides is 1. The molecule has 0 radical (unpaired) electrons. The number of ether oxygens (including phenoxy) is 4. The number of benzene rings is 1. The number of halogens is 1. The molecule has 0 fully saturated rings. The number of fused-ring (bicyclic) bond motifs is 1. The summed E-state index contributed by atoms with van der Waals surface area (Å²) in [6.45, 7) is 8.11. The normalized spacial score (nSPS) is 11.7. The molecule has 0 unspecified atom stereocenters. The summed E-state index contributed by atoms with van der Waals surface area (Å²) in [6, 6.07) is 6.59. The van der Waals surface area contributed by atoms with E-state index in [1.807, 2.05) is 0 Å². The fraction of sp³-hybridized carbons (Fsp3) is 0.357. The molecule has 3 aromatic heterocycles. The lowest BCUT2D eigenvalue weighted by Crippen LogP contribution is -2.40. The number of carbonyl (C=O) groups is 2. The van der Waals surface area contributed by atoms with E-state index in [1.54, 1.807) is 65.1 Å². The minimum Gasteiger partial charge on any atom is -0.493 e. The maximum atomic E-state index is 13.3. The Hall–Kier alpha value is -4.65. The maximum absolute atomic E-state index is 13.3. The summed E-state index contributed by atoms with van der Waals surface area (Å²) < 4.78 is 24.8. The van der Waals surface area contributed by atoms with Gasteiger partial charge in [-0.2, -0.15) is 5.10 Å². The number of carbonyl (C=O) groups excluding carboxylic acids is 2. The molecule has 0 saturated heterocycles. The van der Waals surface area contributed by atoms with Gasteiger partial charge in [0.2, 0.25) is 0 Å². The Balaban J connectivity index is 1.45. The molecule has 0 aliphatic carbocycles. The van der Waals surface area contributed by atoms with E-state index in [4.69, 9.17) is 30.5 Å². The summed E-state index contributed by atoms with van der Waals surface area (Å²) in [6.07, 6.45) is 5.28. The highest BCUT2D eigenvalue weighted by Gasteiger charge is 2.26. The Morgan fingerprint density at radius 3 is 2.40 bits per heavy atom. The molecule has 0 aliphatic heterocycles. The van der Waals surface area contributed by atoms with Gasteiger partial charge in [0.25, 0.3) is 5.56 Å². The van der Waals surface area contributed by atoms with Crippen molar-refractivity contribution in [1.82, 2.24) is 29.5 Å². The van der Waals surface area contributed by atoms with Gasteiger partial charge in [-0.15, -0.1) is 0 Å². The van der Waals surface area contributed by atoms with Crippen LogP contribution in [-0.4, -0.2) is 67.7 Å². The summed E-state index contributed by atoms with van der Waals surface area (Å²) in [5, 5.41) is 7.11. The third-order valence-electron chi connectivity index (χ3n) is 5.58. The number of nitrogens with one attached hydrogen (secondary N) is 1. The van der Waals surface area contributed by atoms with Crippen molar-refractivity contribution < 1.29 is 28.5 Å². The number of hydrogen-bond donors (Lipinski definition) is 1. The van der Waals surface area contributed by atoms with E-state index in [1.165, 1.54) is 34.9 Å². The van der Waals surface area contributed by atoms with Crippen molar-refractivity contribution in [2.75, 3.05) is 20.3 Å². The Morgan fingerprint density at radius 2 is 1.74 bits per heavy atom. The smallest absolute Gasteiger partial charge is 0.408 e. The zero-order valence-corrected chi connectivity index (χ0v) is 24.8. The second-order valence-corrected chi connectivity index (χ2v) is 11.2. The number of hydrogen-bond acceptors (Lipinski definition) is 10. The molecule has 1 amide bonds. The van der Waals surface area contributed by atoms with E-state index in [9.17, 15) is 14.4 Å². The van der Waals surface area contributed by atoms with Crippen LogP contribution in [0.5, 0.6) is 11.5 Å². The average Bonchev–Trinajstić information content (AvgIpc) is 3.36. The van der Waals surface area contributed by atoms with Gasteiger partial charge in [0.15, 0.2) is 17.3 Å². The van der Waals surface area contributed by atoms with Gasteiger partial charge in [-0.3, -0.25) is 14.2 Å². The molecule has 1 aromatic carbocycles. The molecule has 222 valence electrons. The number of methoxy groups -OCH3 is 1. The van der Waals surface area contributed by atoms with E-state index < -0.39 is 23.3 Å². The Bertz CT molecular complexity index is 1660. The van der Waals surface area contributed by atoms with Crippen LogP contribution in [-0.2, 0) is 14.3 Å². The highest BCUT2D eigenvalue weighted by atomic mass is 35.5. The fourth-order valence-electron chi connectivity index (χ4n) is 3.77. The van der Waals surface area contributed by atoms with E-state index >= 15 is 0 Å². The summed E-state index contributed by atoms with van der Waals surface area (Å²) >= 11 is 5.88. The largest absolute Gasteiger partial charge is 0.493 e. The monoisotopic (exact) mass is 598 g/mol. The molecule has 0 atom stereocenters. The number of alkyl carbamates (subject to hydrolysis) is 1. The summed E-state index contributed by atoms with van der Waals surface area (Å²) in [7, 11) is 1.47. The molecule has 0 aliphatic rings. The molecule has 3 heterocycles. The van der Waals surface area contributed by atoms with E-state index in [-0.39, 0.29) is 18.7 Å². The van der Waals surface area contributed by atoms with Crippen molar-refractivity contribution in [1.29, 1.82) is 0 Å². The van der Waals surface area contributed by atoms with Crippen LogP contribution in [0, 0.1) is 0 Å². The zero-order valence-electron chi connectivity index (χ0n) is 24.0. The topological polar surface area (TPSA) is 148 Å². The minimum atomic E-state index is -1.04. The van der Waals surface area contributed by atoms with Crippen molar-refractivity contribution in [3.63, 3.8) is 0 Å². The van der Waals surface area contributed by atoms with Crippen LogP contribution in [0.4, 0.5) is 4.79 Å². The number of rotatable bonds is 9. The number of aromatic nitrogens is 5. The summed E-state index contributed by atoms with van der Waals surface area (Å²) in [5.41, 5.74) is -0.638.